The Labute approximate surface area is 290 Å². The number of hydrogen-bond donors (Lipinski definition) is 6. The van der Waals surface area contributed by atoms with Crippen molar-refractivity contribution in [2.24, 2.45) is 56.7 Å². The summed E-state index contributed by atoms with van der Waals surface area (Å²) in [6.45, 7) is 15.8. The summed E-state index contributed by atoms with van der Waals surface area (Å²) in [7, 11) is 0. The lowest BCUT2D eigenvalue weighted by Gasteiger charge is -2.61. The average molecular weight is 693 g/mol. The quantitative estimate of drug-likeness (QED) is 0.185. The van der Waals surface area contributed by atoms with Crippen LogP contribution in [0.3, 0.4) is 0 Å². The van der Waals surface area contributed by atoms with Gasteiger partial charge in [0.15, 0.2) is 18.2 Å². The average Bonchev–Trinajstić information content (AvgIpc) is 3.80. The number of ether oxygens (including phenoxy) is 4. The summed E-state index contributed by atoms with van der Waals surface area (Å²) >= 11 is 0. The fourth-order valence-electron chi connectivity index (χ4n) is 15.3. The van der Waals surface area contributed by atoms with E-state index in [4.69, 9.17) is 18.9 Å². The van der Waals surface area contributed by atoms with Crippen molar-refractivity contribution in [3.63, 3.8) is 0 Å². The Morgan fingerprint density at radius 3 is 2.24 bits per heavy atom. The summed E-state index contributed by atoms with van der Waals surface area (Å²) in [5, 5.41) is 67.7. The fraction of sp³-hybridized carbons (Fsp3) is 0.974. The Balaban J connectivity index is 1.10. The van der Waals surface area contributed by atoms with E-state index < -0.39 is 65.2 Å². The van der Waals surface area contributed by atoms with E-state index >= 15 is 0 Å². The lowest BCUT2D eigenvalue weighted by molar-refractivity contribution is -0.354. The third kappa shape index (κ3) is 3.88. The van der Waals surface area contributed by atoms with E-state index in [9.17, 15) is 35.4 Å². The van der Waals surface area contributed by atoms with E-state index in [1.807, 2.05) is 0 Å². The molecular formula is C38H60O11. The van der Waals surface area contributed by atoms with Crippen molar-refractivity contribution in [2.45, 2.75) is 167 Å². The van der Waals surface area contributed by atoms with Gasteiger partial charge in [-0.15, -0.1) is 0 Å². The standard InChI is InChI=1S/C38H60O11/c1-18-15-22(29(32(6,7)43)47-20(3)39)49-38(45)28(18)33(8)13-14-35-19(2)34(35)12-11-25(48-30-27(42)26(41)21(40)16-46-30)31(4,5)23(34)9-10-24(35)36(33)17-37(36,38)44/h18-19,21-30,40-45H,9-17H2,1-8H3/t18-,19-,21+,22-,23+,24-,25+,26+,27-,28-,29+,30+,33-,34-,35+,36+,37-,38-/m1/s1. The van der Waals surface area contributed by atoms with Gasteiger partial charge in [0.1, 0.15) is 30.0 Å². The number of carbonyl (C=O) groups excluding carboxylic acids is 1. The third-order valence-corrected chi connectivity index (χ3v) is 17.0. The molecule has 8 fully saturated rings. The molecule has 11 heteroatoms. The zero-order valence-electron chi connectivity index (χ0n) is 30.5. The highest BCUT2D eigenvalue weighted by atomic mass is 16.7. The van der Waals surface area contributed by atoms with Crippen LogP contribution in [0.15, 0.2) is 0 Å². The summed E-state index contributed by atoms with van der Waals surface area (Å²) in [5.41, 5.74) is -3.89. The molecule has 3 spiro atoms. The zero-order chi connectivity index (χ0) is 35.7. The predicted octanol–water partition coefficient (Wildman–Crippen LogP) is 2.65. The number of aliphatic hydroxyl groups is 6. The summed E-state index contributed by atoms with van der Waals surface area (Å²) in [5.74, 6) is -1.71. The Morgan fingerprint density at radius 1 is 0.939 bits per heavy atom. The molecule has 11 nitrogen and oxygen atoms in total. The minimum Gasteiger partial charge on any atom is -0.457 e. The maximum atomic E-state index is 12.9. The molecule has 49 heavy (non-hydrogen) atoms. The van der Waals surface area contributed by atoms with Crippen LogP contribution in [0.2, 0.25) is 0 Å². The molecule has 0 aromatic rings. The van der Waals surface area contributed by atoms with Gasteiger partial charge in [0.25, 0.3) is 0 Å². The van der Waals surface area contributed by atoms with Crippen molar-refractivity contribution < 1.29 is 54.4 Å². The van der Waals surface area contributed by atoms with E-state index in [-0.39, 0.29) is 52.1 Å². The second-order valence-electron chi connectivity index (χ2n) is 19.4. The first kappa shape index (κ1) is 35.2. The second-order valence-corrected chi connectivity index (χ2v) is 19.4. The van der Waals surface area contributed by atoms with Crippen molar-refractivity contribution in [3.8, 4) is 0 Å². The lowest BCUT2D eigenvalue weighted by atomic mass is 9.44. The second kappa shape index (κ2) is 10.2. The molecule has 278 valence electrons. The van der Waals surface area contributed by atoms with Gasteiger partial charge < -0.3 is 49.6 Å². The van der Waals surface area contributed by atoms with Crippen LogP contribution >= 0.6 is 0 Å². The summed E-state index contributed by atoms with van der Waals surface area (Å²) in [6.07, 6.45) is -0.225. The van der Waals surface area contributed by atoms with Crippen LogP contribution in [-0.4, -0.2) is 103 Å². The van der Waals surface area contributed by atoms with Gasteiger partial charge in [0.05, 0.1) is 18.3 Å². The molecule has 0 bridgehead atoms. The summed E-state index contributed by atoms with van der Waals surface area (Å²) in [6, 6.07) is 0. The number of carbonyl (C=O) groups is 1. The molecule has 2 saturated heterocycles. The van der Waals surface area contributed by atoms with E-state index in [1.54, 1.807) is 13.8 Å². The van der Waals surface area contributed by atoms with Gasteiger partial charge >= 0.3 is 5.97 Å². The molecule has 18 atom stereocenters. The van der Waals surface area contributed by atoms with Crippen LogP contribution in [0.4, 0.5) is 0 Å². The Bertz CT molecular complexity index is 1400. The van der Waals surface area contributed by atoms with Gasteiger partial charge in [0, 0.05) is 18.3 Å². The smallest absolute Gasteiger partial charge is 0.303 e. The Morgan fingerprint density at radius 2 is 1.59 bits per heavy atom. The highest BCUT2D eigenvalue weighted by molar-refractivity contribution is 5.66. The molecular weight excluding hydrogens is 632 g/mol. The fourth-order valence-corrected chi connectivity index (χ4v) is 15.3. The van der Waals surface area contributed by atoms with Crippen molar-refractivity contribution in [3.05, 3.63) is 0 Å². The largest absolute Gasteiger partial charge is 0.457 e. The Hall–Kier alpha value is -0.890. The highest BCUT2D eigenvalue weighted by Crippen LogP contribution is 2.97. The van der Waals surface area contributed by atoms with Crippen LogP contribution in [0.25, 0.3) is 0 Å². The summed E-state index contributed by atoms with van der Waals surface area (Å²) < 4.78 is 24.4. The van der Waals surface area contributed by atoms with Crippen LogP contribution in [-0.2, 0) is 23.7 Å². The number of hydrogen-bond acceptors (Lipinski definition) is 11. The van der Waals surface area contributed by atoms with Crippen molar-refractivity contribution in [2.75, 3.05) is 6.61 Å². The van der Waals surface area contributed by atoms with Gasteiger partial charge in [-0.05, 0) is 111 Å². The van der Waals surface area contributed by atoms with Gasteiger partial charge in [-0.25, -0.2) is 0 Å². The molecule has 2 heterocycles. The number of esters is 1. The molecule has 6 N–H and O–H groups in total. The van der Waals surface area contributed by atoms with E-state index in [0.29, 0.717) is 24.7 Å². The van der Waals surface area contributed by atoms with Crippen LogP contribution < -0.4 is 0 Å². The van der Waals surface area contributed by atoms with Crippen LogP contribution in [0, 0.1) is 56.7 Å². The molecule has 2 aliphatic heterocycles. The van der Waals surface area contributed by atoms with Crippen LogP contribution in [0.1, 0.15) is 107 Å². The monoisotopic (exact) mass is 692 g/mol. The predicted molar refractivity (Wildman–Crippen MR) is 174 cm³/mol. The number of rotatable bonds is 5. The maximum Gasteiger partial charge on any atom is 0.303 e. The minimum atomic E-state index is -1.83. The van der Waals surface area contributed by atoms with Gasteiger partial charge in [0.2, 0.25) is 0 Å². The molecule has 0 aromatic carbocycles. The van der Waals surface area contributed by atoms with E-state index in [2.05, 4.69) is 34.6 Å². The van der Waals surface area contributed by atoms with Crippen molar-refractivity contribution in [1.82, 2.24) is 0 Å². The minimum absolute atomic E-state index is 0.0170. The highest BCUT2D eigenvalue weighted by Gasteiger charge is 2.99. The van der Waals surface area contributed by atoms with Gasteiger partial charge in [-0.2, -0.15) is 0 Å². The molecule has 0 radical (unpaired) electrons. The topological polar surface area (TPSA) is 175 Å². The molecule has 0 aromatic heterocycles. The Kier molecular flexibility index (Phi) is 7.32. The molecule has 0 amide bonds. The van der Waals surface area contributed by atoms with Crippen molar-refractivity contribution in [1.29, 1.82) is 0 Å². The first-order valence-electron chi connectivity index (χ1n) is 19.0. The normalized spacial score (nSPS) is 58.9. The molecule has 6 saturated carbocycles. The zero-order valence-corrected chi connectivity index (χ0v) is 30.5. The first-order valence-corrected chi connectivity index (χ1v) is 19.0. The van der Waals surface area contributed by atoms with Gasteiger partial charge in [-0.3, -0.25) is 4.79 Å². The first-order chi connectivity index (χ1) is 22.6. The summed E-state index contributed by atoms with van der Waals surface area (Å²) in [4.78, 5) is 12.1. The third-order valence-electron chi connectivity index (χ3n) is 17.0. The molecule has 0 unspecified atom stereocenters. The number of fused-ring (bicyclic) bond motifs is 3. The molecule has 6 aliphatic carbocycles. The number of aliphatic hydroxyl groups excluding tert-OH is 3. The SMILES string of the molecule is CC(=O)O[C@@H]([C@H]1C[C@@H](C)[C@@H]2[C@@]3(C)CC[C@@]45[C@H](C)[C@@]46CC[C@H](O[C@@H]4OC[C@H](O)[C@H](O)[C@H]4O)C(C)(C)[C@@H]6CC[C@H]5[C@@]34C[C@]4(O)[C@]2(O)O1)C(C)(C)O. The van der Waals surface area contributed by atoms with Crippen LogP contribution in [0.5, 0.6) is 0 Å². The van der Waals surface area contributed by atoms with Crippen molar-refractivity contribution >= 4 is 5.97 Å². The maximum absolute atomic E-state index is 12.9. The van der Waals surface area contributed by atoms with E-state index in [1.165, 1.54) is 6.92 Å². The van der Waals surface area contributed by atoms with E-state index in [0.717, 1.165) is 38.5 Å². The molecule has 8 aliphatic rings. The lowest BCUT2D eigenvalue weighted by Crippen LogP contribution is -2.63. The molecule has 8 rings (SSSR count). The van der Waals surface area contributed by atoms with Gasteiger partial charge in [-0.1, -0.05) is 34.6 Å².